The minimum Gasteiger partial charge on any atom is -0.356 e. The molecule has 8 heteroatoms. The molecule has 0 aliphatic carbocycles. The number of amides is 4. The number of carbonyl (C=O) groups excluding carboxylic acids is 3. The Kier molecular flexibility index (Phi) is 6.29. The van der Waals surface area contributed by atoms with E-state index in [1.807, 2.05) is 62.4 Å². The Morgan fingerprint density at radius 2 is 1.86 bits per heavy atom. The molecule has 3 aromatic rings. The summed E-state index contributed by atoms with van der Waals surface area (Å²) in [4.78, 5) is 47.3. The molecular weight excluding hydrogens is 476 g/mol. The van der Waals surface area contributed by atoms with Crippen molar-refractivity contribution in [1.82, 2.24) is 20.1 Å². The number of imide groups is 1. The van der Waals surface area contributed by atoms with E-state index in [-0.39, 0.29) is 17.7 Å². The van der Waals surface area contributed by atoms with Crippen LogP contribution in [0.25, 0.3) is 10.9 Å². The van der Waals surface area contributed by atoms with Crippen LogP contribution in [0.1, 0.15) is 44.0 Å². The summed E-state index contributed by atoms with van der Waals surface area (Å²) < 4.78 is 0. The molecule has 0 radical (unpaired) electrons. The van der Waals surface area contributed by atoms with Crippen LogP contribution in [0, 0.1) is 5.92 Å². The number of aromatic nitrogens is 1. The second kappa shape index (κ2) is 9.28. The summed E-state index contributed by atoms with van der Waals surface area (Å²) in [6.45, 7) is 6.61. The monoisotopic (exact) mass is 506 g/mol. The lowest BCUT2D eigenvalue weighted by atomic mass is 9.87. The normalized spacial score (nSPS) is 20.1. The first-order valence-electron chi connectivity index (χ1n) is 12.5. The quantitative estimate of drug-likeness (QED) is 0.458. The molecule has 7 nitrogen and oxygen atoms in total. The van der Waals surface area contributed by atoms with Crippen LogP contribution in [0.3, 0.4) is 0 Å². The molecule has 0 spiro atoms. The molecule has 2 aromatic carbocycles. The van der Waals surface area contributed by atoms with Crippen LogP contribution in [0.4, 0.5) is 4.79 Å². The fraction of sp³-hybridized carbons (Fsp3) is 0.393. The zero-order chi connectivity index (χ0) is 25.6. The van der Waals surface area contributed by atoms with E-state index in [2.05, 4.69) is 10.3 Å². The largest absolute Gasteiger partial charge is 0.356 e. The molecule has 2 N–H and O–H groups in total. The number of para-hydroxylation sites is 1. The Balaban J connectivity index is 1.41. The SMILES string of the molecule is CC(C)CC(C(=O)NCCc1ccc(Cl)cc1)N1C(=O)N2CCc3c([nH]c4ccccc34)C2(C)C1=O. The third-order valence-corrected chi connectivity index (χ3v) is 7.69. The van der Waals surface area contributed by atoms with Crippen molar-refractivity contribution in [3.8, 4) is 0 Å². The molecule has 188 valence electrons. The van der Waals surface area contributed by atoms with Crippen LogP contribution in [-0.2, 0) is 28.0 Å². The zero-order valence-corrected chi connectivity index (χ0v) is 21.6. The number of hydrogen-bond acceptors (Lipinski definition) is 3. The fourth-order valence-electron chi connectivity index (χ4n) is 5.57. The molecule has 2 aliphatic rings. The highest BCUT2D eigenvalue weighted by Crippen LogP contribution is 2.44. The Morgan fingerprint density at radius 3 is 2.58 bits per heavy atom. The van der Waals surface area contributed by atoms with Crippen LogP contribution in [0.15, 0.2) is 48.5 Å². The second-order valence-corrected chi connectivity index (χ2v) is 10.7. The minimum atomic E-state index is -1.16. The fourth-order valence-corrected chi connectivity index (χ4v) is 5.69. The van der Waals surface area contributed by atoms with E-state index in [4.69, 9.17) is 11.6 Å². The number of nitrogens with zero attached hydrogens (tertiary/aromatic N) is 2. The van der Waals surface area contributed by atoms with Crippen molar-refractivity contribution >= 4 is 40.3 Å². The van der Waals surface area contributed by atoms with Crippen LogP contribution in [-0.4, -0.2) is 51.8 Å². The lowest BCUT2D eigenvalue weighted by molar-refractivity contribution is -0.140. The number of benzene rings is 2. The second-order valence-electron chi connectivity index (χ2n) is 10.3. The van der Waals surface area contributed by atoms with E-state index in [1.54, 1.807) is 11.8 Å². The highest BCUT2D eigenvalue weighted by molar-refractivity contribution is 6.30. The molecule has 1 saturated heterocycles. The van der Waals surface area contributed by atoms with Gasteiger partial charge in [-0.15, -0.1) is 0 Å². The van der Waals surface area contributed by atoms with Crippen molar-refractivity contribution < 1.29 is 14.4 Å². The van der Waals surface area contributed by atoms with Crippen molar-refractivity contribution in [3.05, 3.63) is 70.4 Å². The van der Waals surface area contributed by atoms with Gasteiger partial charge in [0.1, 0.15) is 6.04 Å². The summed E-state index contributed by atoms with van der Waals surface area (Å²) in [5.74, 6) is -0.537. The molecule has 36 heavy (non-hydrogen) atoms. The average molecular weight is 507 g/mol. The third-order valence-electron chi connectivity index (χ3n) is 7.43. The first-order chi connectivity index (χ1) is 17.2. The van der Waals surface area contributed by atoms with Gasteiger partial charge in [-0.25, -0.2) is 9.69 Å². The number of nitrogens with one attached hydrogen (secondary N) is 2. The number of carbonyl (C=O) groups is 3. The van der Waals surface area contributed by atoms with Gasteiger partial charge in [-0.2, -0.15) is 0 Å². The topological polar surface area (TPSA) is 85.5 Å². The Bertz CT molecular complexity index is 1330. The van der Waals surface area contributed by atoms with Crippen LogP contribution in [0.5, 0.6) is 0 Å². The predicted molar refractivity (Wildman–Crippen MR) is 140 cm³/mol. The molecule has 1 aromatic heterocycles. The van der Waals surface area contributed by atoms with Gasteiger partial charge in [0.25, 0.3) is 5.91 Å². The third kappa shape index (κ3) is 3.95. The summed E-state index contributed by atoms with van der Waals surface area (Å²) in [6.07, 6.45) is 1.68. The van der Waals surface area contributed by atoms with Crippen molar-refractivity contribution in [3.63, 3.8) is 0 Å². The van der Waals surface area contributed by atoms with Gasteiger partial charge < -0.3 is 15.2 Å². The predicted octanol–water partition coefficient (Wildman–Crippen LogP) is 4.63. The molecule has 5 rings (SSSR count). The number of H-pyrrole nitrogens is 1. The Hall–Kier alpha value is -3.32. The summed E-state index contributed by atoms with van der Waals surface area (Å²) in [5.41, 5.74) is 2.65. The van der Waals surface area contributed by atoms with E-state index in [0.717, 1.165) is 27.7 Å². The molecule has 0 saturated carbocycles. The molecule has 2 atom stereocenters. The van der Waals surface area contributed by atoms with Crippen molar-refractivity contribution in [2.24, 2.45) is 5.92 Å². The van der Waals surface area contributed by atoms with Crippen molar-refractivity contribution in [2.45, 2.75) is 51.6 Å². The van der Waals surface area contributed by atoms with Gasteiger partial charge >= 0.3 is 6.03 Å². The van der Waals surface area contributed by atoms with E-state index in [0.29, 0.717) is 37.4 Å². The number of aromatic amines is 1. The summed E-state index contributed by atoms with van der Waals surface area (Å²) in [6, 6.07) is 14.2. The molecule has 0 bridgehead atoms. The van der Waals surface area contributed by atoms with Gasteiger partial charge in [-0.1, -0.05) is 55.8 Å². The van der Waals surface area contributed by atoms with Gasteiger partial charge in [-0.3, -0.25) is 9.59 Å². The molecule has 4 amide bonds. The zero-order valence-electron chi connectivity index (χ0n) is 20.8. The summed E-state index contributed by atoms with van der Waals surface area (Å²) >= 11 is 5.96. The highest BCUT2D eigenvalue weighted by atomic mass is 35.5. The maximum Gasteiger partial charge on any atom is 0.328 e. The van der Waals surface area contributed by atoms with E-state index in [1.165, 1.54) is 4.90 Å². The van der Waals surface area contributed by atoms with Crippen molar-refractivity contribution in [2.75, 3.05) is 13.1 Å². The lowest BCUT2D eigenvalue weighted by Crippen LogP contribution is -2.51. The van der Waals surface area contributed by atoms with E-state index in [9.17, 15) is 14.4 Å². The summed E-state index contributed by atoms with van der Waals surface area (Å²) in [7, 11) is 0. The molecular formula is C28H31ClN4O3. The Morgan fingerprint density at radius 1 is 1.14 bits per heavy atom. The number of halogens is 1. The lowest BCUT2D eigenvalue weighted by Gasteiger charge is -2.36. The molecule has 1 fully saturated rings. The van der Waals surface area contributed by atoms with Crippen LogP contribution in [0.2, 0.25) is 5.02 Å². The maximum atomic E-state index is 14.0. The van der Waals surface area contributed by atoms with Gasteiger partial charge in [0.15, 0.2) is 5.54 Å². The minimum absolute atomic E-state index is 0.117. The van der Waals surface area contributed by atoms with E-state index >= 15 is 0 Å². The first kappa shape index (κ1) is 24.4. The van der Waals surface area contributed by atoms with Crippen LogP contribution >= 0.6 is 11.6 Å². The molecule has 2 aliphatic heterocycles. The maximum absolute atomic E-state index is 14.0. The first-order valence-corrected chi connectivity index (χ1v) is 12.9. The Labute approximate surface area is 215 Å². The van der Waals surface area contributed by atoms with Gasteiger partial charge in [0.2, 0.25) is 5.91 Å². The van der Waals surface area contributed by atoms with Gasteiger partial charge in [0, 0.05) is 29.0 Å². The van der Waals surface area contributed by atoms with Gasteiger partial charge in [-0.05, 0) is 61.4 Å². The van der Waals surface area contributed by atoms with Crippen LogP contribution < -0.4 is 5.32 Å². The summed E-state index contributed by atoms with van der Waals surface area (Å²) in [5, 5.41) is 4.70. The standard InChI is InChI=1S/C28H31ClN4O3/c1-17(2)16-23(25(34)30-14-12-18-8-10-19(29)11-9-18)33-26(35)28(3)24-21(13-15-32(28)27(33)36)20-6-4-5-7-22(20)31-24/h4-11,17,23,31H,12-16H2,1-3H3,(H,30,34). The molecule has 3 heterocycles. The highest BCUT2D eigenvalue weighted by Gasteiger charge is 2.60. The van der Waals surface area contributed by atoms with Gasteiger partial charge in [0.05, 0.1) is 5.69 Å². The van der Waals surface area contributed by atoms with E-state index < -0.39 is 17.6 Å². The van der Waals surface area contributed by atoms with Crippen molar-refractivity contribution in [1.29, 1.82) is 0 Å². The number of fused-ring (bicyclic) bond motifs is 5. The average Bonchev–Trinajstić information content (AvgIpc) is 3.32. The smallest absolute Gasteiger partial charge is 0.328 e. The number of hydrogen-bond donors (Lipinski definition) is 2. The number of rotatable bonds is 7. The molecule has 2 unspecified atom stereocenters. The number of urea groups is 1.